The van der Waals surface area contributed by atoms with Gasteiger partial charge in [0.2, 0.25) is 0 Å². The van der Waals surface area contributed by atoms with Crippen LogP contribution in [0.15, 0.2) is 53.7 Å². The lowest BCUT2D eigenvalue weighted by Gasteiger charge is -2.09. The molecule has 0 saturated carbocycles. The van der Waals surface area contributed by atoms with Crippen LogP contribution >= 0.6 is 0 Å². The third-order valence-corrected chi connectivity index (χ3v) is 4.33. The zero-order chi connectivity index (χ0) is 14.2. The summed E-state index contributed by atoms with van der Waals surface area (Å²) in [4.78, 5) is 4.31. The Hall–Kier alpha value is -2.41. The molecule has 2 heterocycles. The molecule has 6 nitrogen and oxygen atoms in total. The smallest absolute Gasteiger partial charge is 0.264 e. The van der Waals surface area contributed by atoms with Crippen molar-refractivity contribution in [3.63, 3.8) is 0 Å². The quantitative estimate of drug-likeness (QED) is 0.797. The standard InChI is InChI=1S/C13H12N4O2S/c1-17-12(7-9-15-17)16-20(18,19)11-6-2-4-10-5-3-8-14-13(10)11/h2-9,16H,1H3. The lowest BCUT2D eigenvalue weighted by Crippen LogP contribution is -2.16. The van der Waals surface area contributed by atoms with Gasteiger partial charge in [0.05, 0.1) is 11.7 Å². The molecule has 0 amide bonds. The van der Waals surface area contributed by atoms with Crippen LogP contribution in [0.3, 0.4) is 0 Å². The van der Waals surface area contributed by atoms with Crippen LogP contribution in [-0.2, 0) is 17.1 Å². The summed E-state index contributed by atoms with van der Waals surface area (Å²) in [5.41, 5.74) is 0.449. The molecule has 0 bridgehead atoms. The van der Waals surface area contributed by atoms with Crippen molar-refractivity contribution < 1.29 is 8.42 Å². The Morgan fingerprint density at radius 3 is 2.65 bits per heavy atom. The van der Waals surface area contributed by atoms with Gasteiger partial charge in [-0.05, 0) is 12.1 Å². The molecule has 0 fully saturated rings. The van der Waals surface area contributed by atoms with Gasteiger partial charge in [-0.2, -0.15) is 5.10 Å². The summed E-state index contributed by atoms with van der Waals surface area (Å²) in [6.07, 6.45) is 3.10. The summed E-state index contributed by atoms with van der Waals surface area (Å²) >= 11 is 0. The molecule has 0 aliphatic carbocycles. The number of pyridine rings is 1. The summed E-state index contributed by atoms with van der Waals surface area (Å²) < 4.78 is 28.9. The van der Waals surface area contributed by atoms with E-state index in [1.807, 2.05) is 12.1 Å². The molecule has 0 radical (unpaired) electrons. The fourth-order valence-corrected chi connectivity index (χ4v) is 3.23. The molecule has 0 aliphatic rings. The van der Waals surface area contributed by atoms with E-state index in [-0.39, 0.29) is 4.90 Å². The maximum absolute atomic E-state index is 12.5. The highest BCUT2D eigenvalue weighted by molar-refractivity contribution is 7.93. The van der Waals surface area contributed by atoms with Gasteiger partial charge in [-0.25, -0.2) is 8.42 Å². The molecule has 1 N–H and O–H groups in total. The summed E-state index contributed by atoms with van der Waals surface area (Å²) in [7, 11) is -2.04. The summed E-state index contributed by atoms with van der Waals surface area (Å²) in [6, 6.07) is 10.2. The van der Waals surface area contributed by atoms with Crippen LogP contribution in [0, 0.1) is 0 Å². The lowest BCUT2D eigenvalue weighted by atomic mass is 10.2. The zero-order valence-electron chi connectivity index (χ0n) is 10.7. The highest BCUT2D eigenvalue weighted by Gasteiger charge is 2.19. The minimum absolute atomic E-state index is 0.150. The summed E-state index contributed by atoms with van der Waals surface area (Å²) in [5.74, 6) is 0.401. The maximum atomic E-state index is 12.5. The molecule has 3 rings (SSSR count). The number of benzene rings is 1. The average Bonchev–Trinajstić information content (AvgIpc) is 2.83. The number of sulfonamides is 1. The molecule has 3 aromatic rings. The summed E-state index contributed by atoms with van der Waals surface area (Å²) in [5, 5.41) is 4.71. The Balaban J connectivity index is 2.12. The number of nitrogens with zero attached hydrogens (tertiary/aromatic N) is 3. The van der Waals surface area contributed by atoms with Gasteiger partial charge in [0.25, 0.3) is 10.0 Å². The second kappa shape index (κ2) is 4.61. The number of anilines is 1. The van der Waals surface area contributed by atoms with Crippen LogP contribution in [-0.4, -0.2) is 23.2 Å². The van der Waals surface area contributed by atoms with Crippen molar-refractivity contribution in [1.29, 1.82) is 0 Å². The number of para-hydroxylation sites is 1. The number of nitrogens with one attached hydrogen (secondary N) is 1. The molecular weight excluding hydrogens is 276 g/mol. The Bertz CT molecular complexity index is 865. The van der Waals surface area contributed by atoms with E-state index in [0.29, 0.717) is 11.3 Å². The number of rotatable bonds is 3. The molecule has 0 spiro atoms. The van der Waals surface area contributed by atoms with Crippen LogP contribution in [0.25, 0.3) is 10.9 Å². The monoisotopic (exact) mass is 288 g/mol. The SMILES string of the molecule is Cn1nccc1NS(=O)(=O)c1cccc2cccnc12. The first kappa shape index (κ1) is 12.6. The Labute approximate surface area is 116 Å². The van der Waals surface area contributed by atoms with Crippen LogP contribution in [0.5, 0.6) is 0 Å². The van der Waals surface area contributed by atoms with Gasteiger partial charge < -0.3 is 0 Å². The topological polar surface area (TPSA) is 76.9 Å². The molecule has 7 heteroatoms. The number of hydrogen-bond acceptors (Lipinski definition) is 4. The van der Waals surface area contributed by atoms with Crippen molar-refractivity contribution in [2.24, 2.45) is 7.05 Å². The van der Waals surface area contributed by atoms with Crippen molar-refractivity contribution in [1.82, 2.24) is 14.8 Å². The highest BCUT2D eigenvalue weighted by Crippen LogP contribution is 2.22. The fourth-order valence-electron chi connectivity index (χ4n) is 1.96. The molecule has 0 unspecified atom stereocenters. The Morgan fingerprint density at radius 2 is 1.90 bits per heavy atom. The zero-order valence-corrected chi connectivity index (χ0v) is 11.5. The first-order valence-corrected chi connectivity index (χ1v) is 7.41. The number of fused-ring (bicyclic) bond motifs is 1. The van der Waals surface area contributed by atoms with Gasteiger partial charge in [-0.15, -0.1) is 0 Å². The van der Waals surface area contributed by atoms with Crippen LogP contribution in [0.1, 0.15) is 0 Å². The van der Waals surface area contributed by atoms with Gasteiger partial charge in [0.1, 0.15) is 10.7 Å². The van der Waals surface area contributed by atoms with E-state index in [1.165, 1.54) is 16.9 Å². The molecule has 2 aromatic heterocycles. The molecular formula is C13H12N4O2S. The maximum Gasteiger partial charge on any atom is 0.265 e. The fraction of sp³-hybridized carbons (Fsp3) is 0.0769. The van der Waals surface area contributed by atoms with Crippen molar-refractivity contribution in [3.05, 3.63) is 48.8 Å². The second-order valence-corrected chi connectivity index (χ2v) is 5.93. The van der Waals surface area contributed by atoms with Gasteiger partial charge in [0.15, 0.2) is 0 Å². The normalized spacial score (nSPS) is 11.7. The largest absolute Gasteiger partial charge is 0.265 e. The van der Waals surface area contributed by atoms with Gasteiger partial charge in [-0.1, -0.05) is 18.2 Å². The highest BCUT2D eigenvalue weighted by atomic mass is 32.2. The van der Waals surface area contributed by atoms with E-state index < -0.39 is 10.0 Å². The average molecular weight is 288 g/mol. The minimum Gasteiger partial charge on any atom is -0.264 e. The third kappa shape index (κ3) is 2.12. The molecule has 1 aromatic carbocycles. The van der Waals surface area contributed by atoms with Crippen LogP contribution in [0.2, 0.25) is 0 Å². The molecule has 102 valence electrons. The molecule has 0 atom stereocenters. The van der Waals surface area contributed by atoms with Gasteiger partial charge in [-0.3, -0.25) is 14.4 Å². The van der Waals surface area contributed by atoms with E-state index in [2.05, 4.69) is 14.8 Å². The van der Waals surface area contributed by atoms with E-state index in [4.69, 9.17) is 0 Å². The van der Waals surface area contributed by atoms with Crippen LogP contribution < -0.4 is 4.72 Å². The van der Waals surface area contributed by atoms with Crippen molar-refractivity contribution in [3.8, 4) is 0 Å². The molecule has 0 aliphatic heterocycles. The number of hydrogen-bond donors (Lipinski definition) is 1. The Kier molecular flexibility index (Phi) is 2.90. The van der Waals surface area contributed by atoms with Gasteiger partial charge >= 0.3 is 0 Å². The minimum atomic E-state index is -3.71. The lowest BCUT2D eigenvalue weighted by molar-refractivity contribution is 0.601. The third-order valence-electron chi connectivity index (χ3n) is 2.95. The number of aromatic nitrogens is 3. The molecule has 20 heavy (non-hydrogen) atoms. The van der Waals surface area contributed by atoms with Crippen molar-refractivity contribution >= 4 is 26.7 Å². The van der Waals surface area contributed by atoms with E-state index in [0.717, 1.165) is 5.39 Å². The summed E-state index contributed by atoms with van der Waals surface area (Å²) in [6.45, 7) is 0. The second-order valence-electron chi connectivity index (χ2n) is 4.28. The number of aryl methyl sites for hydroxylation is 1. The van der Waals surface area contributed by atoms with Gasteiger partial charge in [0, 0.05) is 24.7 Å². The van der Waals surface area contributed by atoms with E-state index >= 15 is 0 Å². The van der Waals surface area contributed by atoms with Crippen molar-refractivity contribution in [2.75, 3.05) is 4.72 Å². The van der Waals surface area contributed by atoms with Crippen LogP contribution in [0.4, 0.5) is 5.82 Å². The Morgan fingerprint density at radius 1 is 1.10 bits per heavy atom. The van der Waals surface area contributed by atoms with E-state index in [1.54, 1.807) is 31.4 Å². The van der Waals surface area contributed by atoms with Crippen molar-refractivity contribution in [2.45, 2.75) is 4.90 Å². The molecule has 0 saturated heterocycles. The first-order valence-electron chi connectivity index (χ1n) is 5.92. The first-order chi connectivity index (χ1) is 9.58. The van der Waals surface area contributed by atoms with E-state index in [9.17, 15) is 8.42 Å². The predicted octanol–water partition coefficient (Wildman–Crippen LogP) is 1.77. The predicted molar refractivity (Wildman–Crippen MR) is 75.8 cm³/mol.